The number of hydrogen-bond acceptors (Lipinski definition) is 3. The van der Waals surface area contributed by atoms with E-state index in [-0.39, 0.29) is 25.0 Å². The predicted octanol–water partition coefficient (Wildman–Crippen LogP) is 4.23. The number of rotatable bonds is 7. The van der Waals surface area contributed by atoms with Crippen molar-refractivity contribution in [2.45, 2.75) is 25.4 Å². The lowest BCUT2D eigenvalue weighted by Gasteiger charge is -2.22. The fraction of sp³-hybridized carbons (Fsp3) is 0.316. The first-order valence-corrected chi connectivity index (χ1v) is 8.65. The number of anilines is 1. The Hall–Kier alpha value is -2.18. The quantitative estimate of drug-likeness (QED) is 0.781. The van der Waals surface area contributed by atoms with Crippen molar-refractivity contribution in [1.82, 2.24) is 4.90 Å². The van der Waals surface area contributed by atoms with Crippen LogP contribution in [0.5, 0.6) is 5.75 Å². The number of halogens is 3. The van der Waals surface area contributed by atoms with Crippen LogP contribution in [-0.2, 0) is 11.3 Å². The number of methoxy groups -OCH3 is 1. The summed E-state index contributed by atoms with van der Waals surface area (Å²) in [5, 5.41) is 3.26. The van der Waals surface area contributed by atoms with Crippen molar-refractivity contribution in [1.29, 1.82) is 0 Å². The van der Waals surface area contributed by atoms with Gasteiger partial charge in [-0.15, -0.1) is 0 Å². The Kier molecular flexibility index (Phi) is 5.74. The zero-order chi connectivity index (χ0) is 18.7. The van der Waals surface area contributed by atoms with E-state index in [1.165, 1.54) is 19.2 Å². The molecule has 138 valence electrons. The smallest absolute Gasteiger partial charge is 0.238 e. The number of amides is 1. The van der Waals surface area contributed by atoms with Crippen molar-refractivity contribution in [2.24, 2.45) is 0 Å². The van der Waals surface area contributed by atoms with Gasteiger partial charge in [-0.05, 0) is 37.1 Å². The zero-order valence-corrected chi connectivity index (χ0v) is 15.0. The van der Waals surface area contributed by atoms with E-state index in [9.17, 15) is 13.6 Å². The summed E-state index contributed by atoms with van der Waals surface area (Å²) < 4.78 is 32.2. The third kappa shape index (κ3) is 4.71. The summed E-state index contributed by atoms with van der Waals surface area (Å²) in [6.45, 7) is 0.341. The number of carbonyl (C=O) groups excluding carboxylic acids is 1. The highest BCUT2D eigenvalue weighted by molar-refractivity contribution is 6.31. The van der Waals surface area contributed by atoms with E-state index in [0.29, 0.717) is 22.0 Å². The van der Waals surface area contributed by atoms with Gasteiger partial charge in [-0.3, -0.25) is 9.69 Å². The number of nitrogens with one attached hydrogen (secondary N) is 1. The number of carbonyl (C=O) groups is 1. The molecule has 0 atom stereocenters. The van der Waals surface area contributed by atoms with Crippen molar-refractivity contribution in [3.8, 4) is 5.75 Å². The molecule has 4 nitrogen and oxygen atoms in total. The van der Waals surface area contributed by atoms with Crippen molar-refractivity contribution >= 4 is 23.2 Å². The normalized spacial score (nSPS) is 13.7. The molecule has 0 aromatic heterocycles. The Morgan fingerprint density at radius 1 is 1.27 bits per heavy atom. The van der Waals surface area contributed by atoms with Crippen LogP contribution >= 0.6 is 11.6 Å². The van der Waals surface area contributed by atoms with E-state index in [4.69, 9.17) is 16.3 Å². The molecular weight excluding hydrogens is 362 g/mol. The largest absolute Gasteiger partial charge is 0.495 e. The van der Waals surface area contributed by atoms with Crippen molar-refractivity contribution in [3.63, 3.8) is 0 Å². The molecule has 0 heterocycles. The molecule has 2 aromatic rings. The molecule has 2 aromatic carbocycles. The minimum atomic E-state index is -0.616. The van der Waals surface area contributed by atoms with Gasteiger partial charge in [0.15, 0.2) is 0 Å². The van der Waals surface area contributed by atoms with Crippen LogP contribution in [0.2, 0.25) is 5.02 Å². The van der Waals surface area contributed by atoms with Gasteiger partial charge in [-0.2, -0.15) is 0 Å². The molecule has 1 fully saturated rings. The minimum Gasteiger partial charge on any atom is -0.495 e. The molecule has 1 aliphatic carbocycles. The highest BCUT2D eigenvalue weighted by Gasteiger charge is 2.31. The average molecular weight is 381 g/mol. The van der Waals surface area contributed by atoms with E-state index in [1.54, 1.807) is 18.2 Å². The molecule has 1 N–H and O–H groups in total. The molecule has 0 spiro atoms. The molecule has 1 aliphatic rings. The zero-order valence-electron chi connectivity index (χ0n) is 14.3. The lowest BCUT2D eigenvalue weighted by Crippen LogP contribution is -2.34. The van der Waals surface area contributed by atoms with Gasteiger partial charge in [0.25, 0.3) is 0 Å². The second-order valence-electron chi connectivity index (χ2n) is 6.26. The SMILES string of the molecule is COc1ccc(Cl)cc1NC(=O)CN(Cc1ccc(F)cc1F)C1CC1. The van der Waals surface area contributed by atoms with Crippen molar-refractivity contribution in [3.05, 3.63) is 58.6 Å². The maximum absolute atomic E-state index is 13.9. The first-order chi connectivity index (χ1) is 12.5. The Morgan fingerprint density at radius 3 is 2.69 bits per heavy atom. The molecule has 1 saturated carbocycles. The maximum Gasteiger partial charge on any atom is 0.238 e. The minimum absolute atomic E-state index is 0.0944. The Labute approximate surface area is 155 Å². The maximum atomic E-state index is 13.9. The third-order valence-electron chi connectivity index (χ3n) is 4.23. The molecular formula is C19H19ClF2N2O2. The summed E-state index contributed by atoms with van der Waals surface area (Å²) in [6, 6.07) is 8.68. The van der Waals surface area contributed by atoms with E-state index in [2.05, 4.69) is 5.32 Å². The first-order valence-electron chi connectivity index (χ1n) is 8.27. The summed E-state index contributed by atoms with van der Waals surface area (Å²) >= 11 is 5.97. The highest BCUT2D eigenvalue weighted by Crippen LogP contribution is 2.30. The molecule has 0 radical (unpaired) electrons. The topological polar surface area (TPSA) is 41.6 Å². The monoisotopic (exact) mass is 380 g/mol. The van der Waals surface area contributed by atoms with E-state index < -0.39 is 11.6 Å². The summed E-state index contributed by atoms with van der Waals surface area (Å²) in [5.41, 5.74) is 0.847. The van der Waals surface area contributed by atoms with Gasteiger partial charge in [0.05, 0.1) is 19.3 Å². The number of benzene rings is 2. The third-order valence-corrected chi connectivity index (χ3v) is 4.47. The Balaban J connectivity index is 1.68. The predicted molar refractivity (Wildman–Crippen MR) is 96.4 cm³/mol. The van der Waals surface area contributed by atoms with Crippen molar-refractivity contribution < 1.29 is 18.3 Å². The Bertz CT molecular complexity index is 812. The van der Waals surface area contributed by atoms with Gasteiger partial charge in [0.1, 0.15) is 17.4 Å². The standard InChI is InChI=1S/C19H19ClF2N2O2/c1-26-18-7-3-13(20)8-17(18)23-19(25)11-24(15-5-6-15)10-12-2-4-14(21)9-16(12)22/h2-4,7-9,15H,5-6,10-11H2,1H3,(H,23,25). The van der Waals surface area contributed by atoms with E-state index >= 15 is 0 Å². The lowest BCUT2D eigenvalue weighted by atomic mass is 10.2. The van der Waals surface area contributed by atoms with Crippen LogP contribution in [0.15, 0.2) is 36.4 Å². The second kappa shape index (κ2) is 8.01. The van der Waals surface area contributed by atoms with Crippen LogP contribution < -0.4 is 10.1 Å². The molecule has 3 rings (SSSR count). The van der Waals surface area contributed by atoms with Crippen LogP contribution in [0.25, 0.3) is 0 Å². The van der Waals surface area contributed by atoms with Gasteiger partial charge in [0.2, 0.25) is 5.91 Å². The van der Waals surface area contributed by atoms with Crippen LogP contribution in [0.1, 0.15) is 18.4 Å². The fourth-order valence-corrected chi connectivity index (χ4v) is 2.95. The highest BCUT2D eigenvalue weighted by atomic mass is 35.5. The van der Waals surface area contributed by atoms with Crippen LogP contribution in [0.4, 0.5) is 14.5 Å². The number of ether oxygens (including phenoxy) is 1. The van der Waals surface area contributed by atoms with E-state index in [1.807, 2.05) is 4.90 Å². The average Bonchev–Trinajstić information content (AvgIpc) is 3.41. The summed E-state index contributed by atoms with van der Waals surface area (Å²) in [6.07, 6.45) is 1.91. The van der Waals surface area contributed by atoms with Gasteiger partial charge in [-0.1, -0.05) is 17.7 Å². The molecule has 0 bridgehead atoms. The van der Waals surface area contributed by atoms with Gasteiger partial charge in [0, 0.05) is 29.2 Å². The van der Waals surface area contributed by atoms with Crippen LogP contribution in [0, 0.1) is 11.6 Å². The molecule has 0 unspecified atom stereocenters. The first kappa shape index (κ1) is 18.6. The molecule has 26 heavy (non-hydrogen) atoms. The van der Waals surface area contributed by atoms with Crippen LogP contribution in [-0.4, -0.2) is 30.5 Å². The Morgan fingerprint density at radius 2 is 2.04 bits per heavy atom. The van der Waals surface area contributed by atoms with Gasteiger partial charge < -0.3 is 10.1 Å². The summed E-state index contributed by atoms with van der Waals surface area (Å²) in [4.78, 5) is 14.4. The second-order valence-corrected chi connectivity index (χ2v) is 6.70. The summed E-state index contributed by atoms with van der Waals surface area (Å²) in [7, 11) is 1.51. The number of hydrogen-bond donors (Lipinski definition) is 1. The van der Waals surface area contributed by atoms with Gasteiger partial charge in [-0.25, -0.2) is 8.78 Å². The summed E-state index contributed by atoms with van der Waals surface area (Å²) in [5.74, 6) is -0.965. The molecule has 7 heteroatoms. The fourth-order valence-electron chi connectivity index (χ4n) is 2.77. The number of nitrogens with zero attached hydrogens (tertiary/aromatic N) is 1. The molecule has 0 aliphatic heterocycles. The van der Waals surface area contributed by atoms with Crippen LogP contribution in [0.3, 0.4) is 0 Å². The molecule has 0 saturated heterocycles. The van der Waals surface area contributed by atoms with Gasteiger partial charge >= 0.3 is 0 Å². The lowest BCUT2D eigenvalue weighted by molar-refractivity contribution is -0.117. The molecule has 1 amide bonds. The van der Waals surface area contributed by atoms with E-state index in [0.717, 1.165) is 18.9 Å². The van der Waals surface area contributed by atoms with Crippen molar-refractivity contribution in [2.75, 3.05) is 19.0 Å².